The van der Waals surface area contributed by atoms with Gasteiger partial charge in [-0.2, -0.15) is 0 Å². The van der Waals surface area contributed by atoms with E-state index in [9.17, 15) is 0 Å². The Bertz CT molecular complexity index is 124. The fraction of sp³-hybridized carbons (Fsp3) is 1.00. The quantitative estimate of drug-likeness (QED) is 0.547. The molecule has 1 aliphatic rings. The summed E-state index contributed by atoms with van der Waals surface area (Å²) in [5.74, 6) is 0. The average molecular weight is 173 g/mol. The zero-order chi connectivity index (χ0) is 8.86. The van der Waals surface area contributed by atoms with E-state index in [1.54, 1.807) is 7.11 Å². The summed E-state index contributed by atoms with van der Waals surface area (Å²) < 4.78 is 5.05. The highest BCUT2D eigenvalue weighted by molar-refractivity contribution is 4.94. The maximum absolute atomic E-state index is 8.57. The van der Waals surface area contributed by atoms with E-state index in [0.29, 0.717) is 12.0 Å². The van der Waals surface area contributed by atoms with Gasteiger partial charge in [-0.25, -0.2) is 0 Å². The molecule has 1 saturated carbocycles. The van der Waals surface area contributed by atoms with E-state index >= 15 is 0 Å². The molecule has 0 aromatic heterocycles. The van der Waals surface area contributed by atoms with E-state index in [1.807, 2.05) is 0 Å². The summed E-state index contributed by atoms with van der Waals surface area (Å²) in [4.78, 5) is 0. The lowest BCUT2D eigenvalue weighted by Crippen LogP contribution is -2.27. The fourth-order valence-corrected chi connectivity index (χ4v) is 1.44. The molecular weight excluding hydrogens is 154 g/mol. The molecule has 0 heterocycles. The summed E-state index contributed by atoms with van der Waals surface area (Å²) in [6.07, 6.45) is 3.78. The number of rotatable bonds is 7. The predicted molar refractivity (Wildman–Crippen MR) is 48.1 cm³/mol. The van der Waals surface area contributed by atoms with Crippen LogP contribution in [0.4, 0.5) is 0 Å². The summed E-state index contributed by atoms with van der Waals surface area (Å²) in [7, 11) is 1.75. The summed E-state index contributed by atoms with van der Waals surface area (Å²) in [6, 6.07) is 0. The molecule has 0 aromatic rings. The van der Waals surface area contributed by atoms with Crippen LogP contribution < -0.4 is 5.32 Å². The first kappa shape index (κ1) is 9.96. The van der Waals surface area contributed by atoms with Crippen LogP contribution in [-0.4, -0.2) is 38.5 Å². The Hall–Kier alpha value is -0.120. The van der Waals surface area contributed by atoms with Crippen molar-refractivity contribution in [2.75, 3.05) is 33.4 Å². The second-order valence-corrected chi connectivity index (χ2v) is 3.64. The van der Waals surface area contributed by atoms with Crippen molar-refractivity contribution in [2.45, 2.75) is 19.3 Å². The number of methoxy groups -OCH3 is 1. The molecule has 0 unspecified atom stereocenters. The Labute approximate surface area is 74.1 Å². The summed E-state index contributed by atoms with van der Waals surface area (Å²) >= 11 is 0. The lowest BCUT2D eigenvalue weighted by molar-refractivity contribution is 0.170. The molecule has 0 radical (unpaired) electrons. The molecule has 0 saturated heterocycles. The predicted octanol–water partition coefficient (Wildman–Crippen LogP) is 0.385. The lowest BCUT2D eigenvalue weighted by atomic mass is 10.0. The Kier molecular flexibility index (Phi) is 3.98. The average Bonchev–Trinajstić information content (AvgIpc) is 2.83. The van der Waals surface area contributed by atoms with Gasteiger partial charge >= 0.3 is 0 Å². The highest BCUT2D eigenvalue weighted by Crippen LogP contribution is 2.47. The lowest BCUT2D eigenvalue weighted by Gasteiger charge is -2.14. The molecule has 0 spiro atoms. The van der Waals surface area contributed by atoms with Gasteiger partial charge in [-0.05, 0) is 24.7 Å². The summed E-state index contributed by atoms with van der Waals surface area (Å²) in [5, 5.41) is 11.8. The molecule has 0 bridgehead atoms. The van der Waals surface area contributed by atoms with Crippen LogP contribution in [0.2, 0.25) is 0 Å². The van der Waals surface area contributed by atoms with Crippen LogP contribution in [0.1, 0.15) is 19.3 Å². The largest absolute Gasteiger partial charge is 0.395 e. The van der Waals surface area contributed by atoms with Crippen molar-refractivity contribution >= 4 is 0 Å². The van der Waals surface area contributed by atoms with Gasteiger partial charge in [0.2, 0.25) is 0 Å². The van der Waals surface area contributed by atoms with E-state index in [0.717, 1.165) is 19.6 Å². The van der Waals surface area contributed by atoms with Crippen LogP contribution in [0, 0.1) is 5.41 Å². The number of ether oxygens (including phenoxy) is 1. The Balaban J connectivity index is 2.04. The maximum atomic E-state index is 8.57. The van der Waals surface area contributed by atoms with Crippen molar-refractivity contribution in [2.24, 2.45) is 5.41 Å². The maximum Gasteiger partial charge on any atom is 0.0555 e. The highest BCUT2D eigenvalue weighted by Gasteiger charge is 2.41. The molecule has 3 heteroatoms. The van der Waals surface area contributed by atoms with Gasteiger partial charge in [0.05, 0.1) is 6.61 Å². The Morgan fingerprint density at radius 2 is 2.25 bits per heavy atom. The van der Waals surface area contributed by atoms with Gasteiger partial charge in [-0.3, -0.25) is 0 Å². The molecule has 72 valence electrons. The number of hydrogen-bond donors (Lipinski definition) is 2. The molecule has 2 N–H and O–H groups in total. The minimum Gasteiger partial charge on any atom is -0.395 e. The van der Waals surface area contributed by atoms with Crippen molar-refractivity contribution in [3.05, 3.63) is 0 Å². The first-order valence-corrected chi connectivity index (χ1v) is 4.63. The van der Waals surface area contributed by atoms with Crippen LogP contribution in [-0.2, 0) is 4.74 Å². The molecule has 1 rings (SSSR count). The van der Waals surface area contributed by atoms with E-state index in [4.69, 9.17) is 9.84 Å². The minimum absolute atomic E-state index is 0.236. The second kappa shape index (κ2) is 4.80. The number of hydrogen-bond acceptors (Lipinski definition) is 3. The SMILES string of the molecule is COCCC1(CNCCO)CC1. The van der Waals surface area contributed by atoms with Gasteiger partial charge in [-0.1, -0.05) is 0 Å². The van der Waals surface area contributed by atoms with Crippen LogP contribution in [0.5, 0.6) is 0 Å². The molecular formula is C9H19NO2. The normalized spacial score (nSPS) is 19.5. The first-order valence-electron chi connectivity index (χ1n) is 4.63. The number of aliphatic hydroxyl groups is 1. The zero-order valence-electron chi connectivity index (χ0n) is 7.81. The van der Waals surface area contributed by atoms with Gasteiger partial charge in [0, 0.05) is 26.8 Å². The van der Waals surface area contributed by atoms with Crippen molar-refractivity contribution in [1.82, 2.24) is 5.32 Å². The minimum atomic E-state index is 0.236. The molecule has 1 aliphatic carbocycles. The standard InChI is InChI=1S/C9H19NO2/c1-12-7-4-9(2-3-9)8-10-5-6-11/h10-11H,2-8H2,1H3. The van der Waals surface area contributed by atoms with E-state index in [-0.39, 0.29) is 6.61 Å². The molecule has 12 heavy (non-hydrogen) atoms. The third-order valence-corrected chi connectivity index (χ3v) is 2.58. The summed E-state index contributed by atoms with van der Waals surface area (Å²) in [6.45, 7) is 2.85. The topological polar surface area (TPSA) is 41.5 Å². The van der Waals surface area contributed by atoms with Crippen molar-refractivity contribution < 1.29 is 9.84 Å². The molecule has 0 atom stereocenters. The molecule has 1 fully saturated rings. The molecule has 3 nitrogen and oxygen atoms in total. The molecule has 0 aliphatic heterocycles. The summed E-state index contributed by atoms with van der Waals surface area (Å²) in [5.41, 5.74) is 0.505. The zero-order valence-corrected chi connectivity index (χ0v) is 7.81. The van der Waals surface area contributed by atoms with E-state index in [2.05, 4.69) is 5.32 Å². The van der Waals surface area contributed by atoms with Crippen LogP contribution in [0.25, 0.3) is 0 Å². The van der Waals surface area contributed by atoms with Crippen LogP contribution in [0.3, 0.4) is 0 Å². The van der Waals surface area contributed by atoms with Crippen molar-refractivity contribution in [1.29, 1.82) is 0 Å². The molecule has 0 amide bonds. The van der Waals surface area contributed by atoms with E-state index < -0.39 is 0 Å². The smallest absolute Gasteiger partial charge is 0.0555 e. The fourth-order valence-electron chi connectivity index (χ4n) is 1.44. The van der Waals surface area contributed by atoms with Crippen molar-refractivity contribution in [3.8, 4) is 0 Å². The highest BCUT2D eigenvalue weighted by atomic mass is 16.5. The van der Waals surface area contributed by atoms with Gasteiger partial charge in [0.15, 0.2) is 0 Å². The Morgan fingerprint density at radius 3 is 2.75 bits per heavy atom. The monoisotopic (exact) mass is 173 g/mol. The molecule has 0 aromatic carbocycles. The first-order chi connectivity index (χ1) is 5.83. The number of nitrogens with one attached hydrogen (secondary N) is 1. The number of aliphatic hydroxyl groups excluding tert-OH is 1. The van der Waals surface area contributed by atoms with E-state index in [1.165, 1.54) is 12.8 Å². The third kappa shape index (κ3) is 3.09. The van der Waals surface area contributed by atoms with Gasteiger partial charge in [0.25, 0.3) is 0 Å². The van der Waals surface area contributed by atoms with Crippen molar-refractivity contribution in [3.63, 3.8) is 0 Å². The van der Waals surface area contributed by atoms with Crippen LogP contribution >= 0.6 is 0 Å². The van der Waals surface area contributed by atoms with Gasteiger partial charge in [-0.15, -0.1) is 0 Å². The Morgan fingerprint density at radius 1 is 1.50 bits per heavy atom. The van der Waals surface area contributed by atoms with Gasteiger partial charge in [0.1, 0.15) is 0 Å². The van der Waals surface area contributed by atoms with Gasteiger partial charge < -0.3 is 15.2 Å². The van der Waals surface area contributed by atoms with Crippen LogP contribution in [0.15, 0.2) is 0 Å². The second-order valence-electron chi connectivity index (χ2n) is 3.64. The third-order valence-electron chi connectivity index (χ3n) is 2.58.